The molecule has 0 aliphatic carbocycles. The number of rotatable bonds is 3. The van der Waals surface area contributed by atoms with Crippen molar-refractivity contribution >= 4 is 27.3 Å². The molecule has 0 aromatic carbocycles. The minimum absolute atomic E-state index is 0.599. The van der Waals surface area contributed by atoms with Gasteiger partial charge >= 0.3 is 0 Å². The summed E-state index contributed by atoms with van der Waals surface area (Å²) in [4.78, 5) is 4.08. The summed E-state index contributed by atoms with van der Waals surface area (Å²) in [5.41, 5.74) is 0. The van der Waals surface area contributed by atoms with Crippen LogP contribution in [-0.4, -0.2) is 31.1 Å². The van der Waals surface area contributed by atoms with Crippen LogP contribution in [0.4, 0.5) is 0 Å². The maximum atomic E-state index is 3.64. The summed E-state index contributed by atoms with van der Waals surface area (Å²) in [5, 5.41) is 5.57. The van der Waals surface area contributed by atoms with E-state index in [0.29, 0.717) is 6.04 Å². The number of halogens is 1. The molecular weight excluding hydrogens is 272 g/mol. The largest absolute Gasteiger partial charge is 0.314 e. The number of nitrogens with one attached hydrogen (secondary N) is 1. The Balaban J connectivity index is 2.12. The van der Waals surface area contributed by atoms with Crippen molar-refractivity contribution in [2.75, 3.05) is 26.2 Å². The van der Waals surface area contributed by atoms with Gasteiger partial charge in [-0.1, -0.05) is 6.92 Å². The van der Waals surface area contributed by atoms with E-state index in [1.165, 1.54) is 28.9 Å². The zero-order chi connectivity index (χ0) is 10.7. The van der Waals surface area contributed by atoms with Crippen molar-refractivity contribution in [3.8, 4) is 0 Å². The standard InChI is InChI=1S/C11H17BrN2S/c1-2-10(11-9(12)3-8-15-11)14-6-4-13-5-7-14/h3,8,10,13H,2,4-7H2,1H3/t10-/m0/s1. The van der Waals surface area contributed by atoms with Crippen LogP contribution in [0.25, 0.3) is 0 Å². The minimum atomic E-state index is 0.599. The molecule has 0 radical (unpaired) electrons. The topological polar surface area (TPSA) is 15.3 Å². The van der Waals surface area contributed by atoms with Gasteiger partial charge in [-0.05, 0) is 33.8 Å². The molecule has 0 saturated carbocycles. The second kappa shape index (κ2) is 5.43. The molecule has 1 aromatic heterocycles. The Labute approximate surface area is 104 Å². The third-order valence-corrected chi connectivity index (χ3v) is 4.90. The normalized spacial score (nSPS) is 20.4. The molecule has 1 aliphatic heterocycles. The molecule has 0 amide bonds. The lowest BCUT2D eigenvalue weighted by Gasteiger charge is -2.34. The van der Waals surface area contributed by atoms with Gasteiger partial charge in [0.25, 0.3) is 0 Å². The monoisotopic (exact) mass is 288 g/mol. The van der Waals surface area contributed by atoms with Crippen molar-refractivity contribution in [3.63, 3.8) is 0 Å². The van der Waals surface area contributed by atoms with Crippen LogP contribution < -0.4 is 5.32 Å². The summed E-state index contributed by atoms with van der Waals surface area (Å²) in [6.07, 6.45) is 1.19. The molecule has 2 nitrogen and oxygen atoms in total. The molecule has 1 fully saturated rings. The molecule has 2 heterocycles. The second-order valence-corrected chi connectivity index (χ2v) is 5.64. The van der Waals surface area contributed by atoms with Crippen molar-refractivity contribution in [2.24, 2.45) is 0 Å². The predicted octanol–water partition coefficient (Wildman–Crippen LogP) is 2.87. The van der Waals surface area contributed by atoms with Gasteiger partial charge in [0.15, 0.2) is 0 Å². The maximum Gasteiger partial charge on any atom is 0.0451 e. The number of hydrogen-bond donors (Lipinski definition) is 1. The van der Waals surface area contributed by atoms with E-state index in [9.17, 15) is 0 Å². The summed E-state index contributed by atoms with van der Waals surface area (Å²) in [6.45, 7) is 6.86. The van der Waals surface area contributed by atoms with Gasteiger partial charge in [0, 0.05) is 41.6 Å². The first-order chi connectivity index (χ1) is 7.33. The molecule has 0 unspecified atom stereocenters. The van der Waals surface area contributed by atoms with Crippen molar-refractivity contribution in [1.29, 1.82) is 0 Å². The van der Waals surface area contributed by atoms with E-state index in [1.807, 2.05) is 11.3 Å². The number of thiophene rings is 1. The van der Waals surface area contributed by atoms with Crippen molar-refractivity contribution in [2.45, 2.75) is 19.4 Å². The molecule has 84 valence electrons. The third-order valence-electron chi connectivity index (χ3n) is 2.93. The third kappa shape index (κ3) is 2.61. The molecule has 1 atom stereocenters. The fraction of sp³-hybridized carbons (Fsp3) is 0.636. The lowest BCUT2D eigenvalue weighted by molar-refractivity contribution is 0.171. The molecule has 1 aromatic rings. The summed E-state index contributed by atoms with van der Waals surface area (Å²) in [5.74, 6) is 0. The zero-order valence-corrected chi connectivity index (χ0v) is 11.4. The smallest absolute Gasteiger partial charge is 0.0451 e. The quantitative estimate of drug-likeness (QED) is 0.920. The number of piperazine rings is 1. The van der Waals surface area contributed by atoms with Crippen molar-refractivity contribution in [1.82, 2.24) is 10.2 Å². The highest BCUT2D eigenvalue weighted by atomic mass is 79.9. The maximum absolute atomic E-state index is 3.64. The van der Waals surface area contributed by atoms with E-state index >= 15 is 0 Å². The van der Waals surface area contributed by atoms with E-state index in [4.69, 9.17) is 0 Å². The Bertz CT molecular complexity index is 307. The van der Waals surface area contributed by atoms with Crippen LogP contribution in [0.5, 0.6) is 0 Å². The highest BCUT2D eigenvalue weighted by Crippen LogP contribution is 2.34. The van der Waals surface area contributed by atoms with Gasteiger partial charge in [-0.3, -0.25) is 4.90 Å². The average Bonchev–Trinajstić information content (AvgIpc) is 2.68. The molecule has 15 heavy (non-hydrogen) atoms. The van der Waals surface area contributed by atoms with E-state index in [0.717, 1.165) is 13.1 Å². The van der Waals surface area contributed by atoms with Crippen LogP contribution in [0, 0.1) is 0 Å². The van der Waals surface area contributed by atoms with Gasteiger partial charge in [0.2, 0.25) is 0 Å². The van der Waals surface area contributed by atoms with Crippen LogP contribution in [0.3, 0.4) is 0 Å². The van der Waals surface area contributed by atoms with Gasteiger partial charge in [0.05, 0.1) is 0 Å². The molecule has 2 rings (SSSR count). The van der Waals surface area contributed by atoms with Gasteiger partial charge < -0.3 is 5.32 Å². The fourth-order valence-corrected chi connectivity index (χ4v) is 4.00. The van der Waals surface area contributed by atoms with Gasteiger partial charge in [-0.25, -0.2) is 0 Å². The molecule has 0 spiro atoms. The zero-order valence-electron chi connectivity index (χ0n) is 9.00. The van der Waals surface area contributed by atoms with Crippen molar-refractivity contribution in [3.05, 3.63) is 20.8 Å². The second-order valence-electron chi connectivity index (χ2n) is 3.84. The van der Waals surface area contributed by atoms with Crippen LogP contribution >= 0.6 is 27.3 Å². The predicted molar refractivity (Wildman–Crippen MR) is 69.5 cm³/mol. The first-order valence-electron chi connectivity index (χ1n) is 5.50. The summed E-state index contributed by atoms with van der Waals surface area (Å²) in [6, 6.07) is 2.76. The van der Waals surface area contributed by atoms with Crippen LogP contribution in [0.15, 0.2) is 15.9 Å². The highest BCUT2D eigenvalue weighted by molar-refractivity contribution is 9.10. The average molecular weight is 289 g/mol. The van der Waals surface area contributed by atoms with Gasteiger partial charge in [-0.15, -0.1) is 11.3 Å². The Morgan fingerprint density at radius 2 is 2.27 bits per heavy atom. The highest BCUT2D eigenvalue weighted by Gasteiger charge is 2.22. The molecule has 1 aliphatic rings. The van der Waals surface area contributed by atoms with E-state index < -0.39 is 0 Å². The lowest BCUT2D eigenvalue weighted by Crippen LogP contribution is -2.44. The number of nitrogens with zero attached hydrogens (tertiary/aromatic N) is 1. The lowest BCUT2D eigenvalue weighted by atomic mass is 10.1. The Morgan fingerprint density at radius 1 is 1.53 bits per heavy atom. The molecule has 1 saturated heterocycles. The van der Waals surface area contributed by atoms with E-state index in [1.54, 1.807) is 0 Å². The van der Waals surface area contributed by atoms with Crippen LogP contribution in [0.2, 0.25) is 0 Å². The summed E-state index contributed by atoms with van der Waals surface area (Å²) < 4.78 is 1.28. The molecule has 1 N–H and O–H groups in total. The van der Waals surface area contributed by atoms with E-state index in [-0.39, 0.29) is 0 Å². The Morgan fingerprint density at radius 3 is 2.80 bits per heavy atom. The minimum Gasteiger partial charge on any atom is -0.314 e. The Hall–Kier alpha value is 0.1000. The number of hydrogen-bond acceptors (Lipinski definition) is 3. The molecule has 4 heteroatoms. The SMILES string of the molecule is CC[C@@H](c1sccc1Br)N1CCNCC1. The first-order valence-corrected chi connectivity index (χ1v) is 7.18. The summed E-state index contributed by atoms with van der Waals surface area (Å²) >= 11 is 5.51. The summed E-state index contributed by atoms with van der Waals surface area (Å²) in [7, 11) is 0. The van der Waals surface area contributed by atoms with Crippen molar-refractivity contribution < 1.29 is 0 Å². The fourth-order valence-electron chi connectivity index (χ4n) is 2.15. The van der Waals surface area contributed by atoms with Crippen LogP contribution in [0.1, 0.15) is 24.3 Å². The van der Waals surface area contributed by atoms with E-state index in [2.05, 4.69) is 44.5 Å². The molecular formula is C11H17BrN2S. The van der Waals surface area contributed by atoms with Gasteiger partial charge in [0.1, 0.15) is 0 Å². The van der Waals surface area contributed by atoms with Crippen LogP contribution in [-0.2, 0) is 0 Å². The molecule has 0 bridgehead atoms. The Kier molecular flexibility index (Phi) is 4.20. The van der Waals surface area contributed by atoms with Gasteiger partial charge in [-0.2, -0.15) is 0 Å². The first kappa shape index (κ1) is 11.6.